The van der Waals surface area contributed by atoms with Gasteiger partial charge in [0.05, 0.1) is 5.92 Å². The van der Waals surface area contributed by atoms with E-state index < -0.39 is 23.6 Å². The molecule has 0 radical (unpaired) electrons. The summed E-state index contributed by atoms with van der Waals surface area (Å²) in [5, 5.41) is 9.50. The fourth-order valence-corrected chi connectivity index (χ4v) is 3.61. The first-order valence-corrected chi connectivity index (χ1v) is 9.25. The minimum Gasteiger partial charge on any atom is -0.481 e. The van der Waals surface area contributed by atoms with E-state index in [1.165, 1.54) is 0 Å². The van der Waals surface area contributed by atoms with Gasteiger partial charge in [0.2, 0.25) is 0 Å². The Hall–Kier alpha value is -1.34. The highest BCUT2D eigenvalue weighted by Gasteiger charge is 2.38. The largest absolute Gasteiger partial charge is 0.481 e. The Morgan fingerprint density at radius 2 is 1.68 bits per heavy atom. The van der Waals surface area contributed by atoms with Gasteiger partial charge in [-0.25, -0.2) is 4.79 Å². The lowest BCUT2D eigenvalue weighted by molar-refractivity contribution is -0.144. The number of aliphatic carboxylic acids is 1. The van der Waals surface area contributed by atoms with E-state index in [0.717, 1.165) is 26.2 Å². The number of carboxylic acids is 1. The van der Waals surface area contributed by atoms with Crippen LogP contribution in [0.3, 0.4) is 0 Å². The molecule has 7 nitrogen and oxygen atoms in total. The fraction of sp³-hybridized carbons (Fsp3) is 0.889. The lowest BCUT2D eigenvalue weighted by atomic mass is 9.93. The summed E-state index contributed by atoms with van der Waals surface area (Å²) in [6.45, 7) is 14.4. The van der Waals surface area contributed by atoms with Gasteiger partial charge in [-0.15, -0.1) is 0 Å². The van der Waals surface area contributed by atoms with Gasteiger partial charge in [-0.3, -0.25) is 14.6 Å². The maximum absolute atomic E-state index is 12.4. The Morgan fingerprint density at radius 3 is 2.16 bits per heavy atom. The zero-order chi connectivity index (χ0) is 18.8. The van der Waals surface area contributed by atoms with Crippen LogP contribution < -0.4 is 0 Å². The maximum atomic E-state index is 12.4. The Labute approximate surface area is 150 Å². The van der Waals surface area contributed by atoms with Gasteiger partial charge in [0.1, 0.15) is 5.60 Å². The van der Waals surface area contributed by atoms with Crippen LogP contribution in [0.25, 0.3) is 0 Å². The highest BCUT2D eigenvalue weighted by molar-refractivity contribution is 5.73. The first-order chi connectivity index (χ1) is 11.6. The molecule has 2 aliphatic heterocycles. The monoisotopic (exact) mass is 355 g/mol. The molecule has 0 bridgehead atoms. The third-order valence-corrected chi connectivity index (χ3v) is 5.02. The van der Waals surface area contributed by atoms with Crippen molar-refractivity contribution < 1.29 is 19.4 Å². The minimum absolute atomic E-state index is 0.0803. The molecule has 2 saturated heterocycles. The van der Waals surface area contributed by atoms with Crippen molar-refractivity contribution in [3.05, 3.63) is 0 Å². The van der Waals surface area contributed by atoms with E-state index >= 15 is 0 Å². The molecular formula is C18H33N3O4. The van der Waals surface area contributed by atoms with Gasteiger partial charge in [-0.2, -0.15) is 0 Å². The topological polar surface area (TPSA) is 73.3 Å². The van der Waals surface area contributed by atoms with Crippen LogP contribution in [0.4, 0.5) is 4.79 Å². The van der Waals surface area contributed by atoms with E-state index in [2.05, 4.69) is 23.6 Å². The molecular weight excluding hydrogens is 322 g/mol. The Kier molecular flexibility index (Phi) is 6.32. The Bertz CT molecular complexity index is 481. The summed E-state index contributed by atoms with van der Waals surface area (Å²) in [6.07, 6.45) is 0.181. The van der Waals surface area contributed by atoms with E-state index in [1.54, 1.807) is 4.90 Å². The first kappa shape index (κ1) is 20.0. The third-order valence-electron chi connectivity index (χ3n) is 5.02. The zero-order valence-corrected chi connectivity index (χ0v) is 16.2. The standard InChI is InChI=1S/C18H33N3O4/c1-13(2)19-6-8-20(9-7-19)15-10-14(16(22)23)11-21(12-15)17(24)25-18(3,4)5/h13-15H,6-12H2,1-5H3,(H,22,23). The number of carbonyl (C=O) groups is 2. The molecule has 2 heterocycles. The normalized spacial score (nSPS) is 26.7. The predicted molar refractivity (Wildman–Crippen MR) is 95.6 cm³/mol. The van der Waals surface area contributed by atoms with E-state index in [1.807, 2.05) is 20.8 Å². The van der Waals surface area contributed by atoms with Crippen LogP contribution in [-0.4, -0.2) is 88.8 Å². The van der Waals surface area contributed by atoms with E-state index in [4.69, 9.17) is 4.74 Å². The fourth-order valence-electron chi connectivity index (χ4n) is 3.61. The average molecular weight is 355 g/mol. The van der Waals surface area contributed by atoms with Crippen molar-refractivity contribution >= 4 is 12.1 Å². The SMILES string of the molecule is CC(C)N1CCN(C2CC(C(=O)O)CN(C(=O)OC(C)(C)C)C2)CC1. The van der Waals surface area contributed by atoms with E-state index in [-0.39, 0.29) is 12.6 Å². The second kappa shape index (κ2) is 7.91. The summed E-state index contributed by atoms with van der Waals surface area (Å²) in [5.41, 5.74) is -0.578. The van der Waals surface area contributed by atoms with Crippen molar-refractivity contribution in [3.8, 4) is 0 Å². The number of amides is 1. The molecule has 0 aromatic carbocycles. The zero-order valence-electron chi connectivity index (χ0n) is 16.2. The maximum Gasteiger partial charge on any atom is 0.410 e. The highest BCUT2D eigenvalue weighted by atomic mass is 16.6. The Balaban J connectivity index is 2.02. The third kappa shape index (κ3) is 5.57. The molecule has 7 heteroatoms. The van der Waals surface area contributed by atoms with Crippen molar-refractivity contribution in [3.63, 3.8) is 0 Å². The van der Waals surface area contributed by atoms with Gasteiger partial charge in [0, 0.05) is 51.4 Å². The number of nitrogens with zero attached hydrogens (tertiary/aromatic N) is 3. The van der Waals surface area contributed by atoms with Crippen LogP contribution in [0.2, 0.25) is 0 Å². The summed E-state index contributed by atoms with van der Waals surface area (Å²) < 4.78 is 5.46. The van der Waals surface area contributed by atoms with Crippen LogP contribution >= 0.6 is 0 Å². The van der Waals surface area contributed by atoms with Crippen LogP contribution in [0.5, 0.6) is 0 Å². The molecule has 144 valence electrons. The lowest BCUT2D eigenvalue weighted by Gasteiger charge is -2.45. The summed E-state index contributed by atoms with van der Waals surface area (Å²) in [6, 6.07) is 0.607. The summed E-state index contributed by atoms with van der Waals surface area (Å²) in [7, 11) is 0. The van der Waals surface area contributed by atoms with E-state index in [9.17, 15) is 14.7 Å². The van der Waals surface area contributed by atoms with E-state index in [0.29, 0.717) is 19.0 Å². The summed E-state index contributed by atoms with van der Waals surface area (Å²) in [5.74, 6) is -1.37. The molecule has 25 heavy (non-hydrogen) atoms. The van der Waals surface area contributed by atoms with Gasteiger partial charge < -0.3 is 14.7 Å². The number of likely N-dealkylation sites (tertiary alicyclic amines) is 1. The number of piperazine rings is 1. The minimum atomic E-state index is -0.834. The van der Waals surface area contributed by atoms with Crippen LogP contribution in [0.15, 0.2) is 0 Å². The predicted octanol–water partition coefficient (Wildman–Crippen LogP) is 1.72. The summed E-state index contributed by atoms with van der Waals surface area (Å²) >= 11 is 0. The molecule has 0 saturated carbocycles. The molecule has 2 fully saturated rings. The first-order valence-electron chi connectivity index (χ1n) is 9.25. The molecule has 2 unspecified atom stereocenters. The molecule has 0 aromatic rings. The molecule has 0 aliphatic carbocycles. The van der Waals surface area contributed by atoms with Crippen molar-refractivity contribution in [2.45, 2.75) is 58.7 Å². The Morgan fingerprint density at radius 1 is 1.08 bits per heavy atom. The number of piperidine rings is 1. The number of hydrogen-bond acceptors (Lipinski definition) is 5. The molecule has 0 aromatic heterocycles. The average Bonchev–Trinajstić information content (AvgIpc) is 2.52. The summed E-state index contributed by atoms with van der Waals surface area (Å²) in [4.78, 5) is 30.4. The highest BCUT2D eigenvalue weighted by Crippen LogP contribution is 2.24. The smallest absolute Gasteiger partial charge is 0.410 e. The van der Waals surface area contributed by atoms with Gasteiger partial charge >= 0.3 is 12.1 Å². The van der Waals surface area contributed by atoms with Crippen LogP contribution in [0, 0.1) is 5.92 Å². The number of hydrogen-bond donors (Lipinski definition) is 1. The quantitative estimate of drug-likeness (QED) is 0.831. The van der Waals surface area contributed by atoms with Gasteiger partial charge in [-0.1, -0.05) is 0 Å². The number of carboxylic acid groups (broad SMARTS) is 1. The molecule has 1 N–H and O–H groups in total. The number of ether oxygens (including phenoxy) is 1. The van der Waals surface area contributed by atoms with Crippen molar-refractivity contribution in [1.82, 2.24) is 14.7 Å². The lowest BCUT2D eigenvalue weighted by Crippen LogP contribution is -2.59. The number of carbonyl (C=O) groups excluding carboxylic acids is 1. The van der Waals surface area contributed by atoms with Crippen LogP contribution in [-0.2, 0) is 9.53 Å². The molecule has 2 rings (SSSR count). The second-order valence-electron chi connectivity index (χ2n) is 8.48. The van der Waals surface area contributed by atoms with Crippen LogP contribution in [0.1, 0.15) is 41.0 Å². The number of rotatable bonds is 3. The molecule has 0 spiro atoms. The second-order valence-corrected chi connectivity index (χ2v) is 8.48. The van der Waals surface area contributed by atoms with Crippen molar-refractivity contribution in [1.29, 1.82) is 0 Å². The van der Waals surface area contributed by atoms with Gasteiger partial charge in [-0.05, 0) is 41.0 Å². The molecule has 1 amide bonds. The van der Waals surface area contributed by atoms with Crippen molar-refractivity contribution in [2.75, 3.05) is 39.3 Å². The molecule has 2 atom stereocenters. The van der Waals surface area contributed by atoms with Gasteiger partial charge in [0.15, 0.2) is 0 Å². The van der Waals surface area contributed by atoms with Gasteiger partial charge in [0.25, 0.3) is 0 Å². The van der Waals surface area contributed by atoms with Crippen molar-refractivity contribution in [2.24, 2.45) is 5.92 Å². The molecule has 2 aliphatic rings.